The third-order valence-corrected chi connectivity index (χ3v) is 3.72. The van der Waals surface area contributed by atoms with Crippen LogP contribution in [0, 0.1) is 5.92 Å². The van der Waals surface area contributed by atoms with Gasteiger partial charge in [0, 0.05) is 21.7 Å². The number of hydrogen-bond acceptors (Lipinski definition) is 2. The lowest BCUT2D eigenvalue weighted by Gasteiger charge is -2.11. The zero-order valence-corrected chi connectivity index (χ0v) is 12.0. The Bertz CT molecular complexity index is 547. The molecule has 1 aliphatic carbocycles. The molecule has 1 amide bonds. The first-order valence-corrected chi connectivity index (χ1v) is 6.90. The predicted molar refractivity (Wildman–Crippen MR) is 77.8 cm³/mol. The van der Waals surface area contributed by atoms with E-state index in [9.17, 15) is 9.59 Å². The van der Waals surface area contributed by atoms with E-state index >= 15 is 0 Å². The van der Waals surface area contributed by atoms with Crippen molar-refractivity contribution < 1.29 is 14.7 Å². The molecule has 1 unspecified atom stereocenters. The summed E-state index contributed by atoms with van der Waals surface area (Å²) in [4.78, 5) is 22.8. The number of carbonyl (C=O) groups is 2. The van der Waals surface area contributed by atoms with Crippen molar-refractivity contribution in [3.8, 4) is 0 Å². The number of carbonyl (C=O) groups excluding carboxylic acids is 1. The summed E-state index contributed by atoms with van der Waals surface area (Å²) in [6.07, 6.45) is 4.38. The summed E-state index contributed by atoms with van der Waals surface area (Å²) in [5.41, 5.74) is 0.532. The van der Waals surface area contributed by atoms with Crippen molar-refractivity contribution in [1.82, 2.24) is 5.32 Å². The monoisotopic (exact) mass is 313 g/mol. The van der Waals surface area contributed by atoms with Crippen molar-refractivity contribution in [3.63, 3.8) is 0 Å². The fourth-order valence-electron chi connectivity index (χ4n) is 1.84. The van der Waals surface area contributed by atoms with E-state index in [0.29, 0.717) is 15.6 Å². The Kier molecular flexibility index (Phi) is 4.68. The molecule has 106 valence electrons. The molecule has 0 aromatic heterocycles. The molecule has 0 spiro atoms. The van der Waals surface area contributed by atoms with E-state index in [4.69, 9.17) is 28.3 Å². The number of nitrogens with one attached hydrogen (secondary N) is 1. The Balaban J connectivity index is 2.03. The molecule has 1 aromatic rings. The van der Waals surface area contributed by atoms with E-state index < -0.39 is 17.9 Å². The number of benzene rings is 1. The fraction of sp³-hybridized carbons (Fsp3) is 0.286. The van der Waals surface area contributed by atoms with Crippen molar-refractivity contribution in [3.05, 3.63) is 39.9 Å². The topological polar surface area (TPSA) is 66.4 Å². The lowest BCUT2D eigenvalue weighted by atomic mass is 10.1. The average molecular weight is 314 g/mol. The van der Waals surface area contributed by atoms with E-state index in [1.807, 2.05) is 0 Å². The number of halogens is 2. The summed E-state index contributed by atoms with van der Waals surface area (Å²) in [5, 5.41) is 12.4. The Labute approximate surface area is 126 Å². The van der Waals surface area contributed by atoms with Crippen molar-refractivity contribution >= 4 is 41.2 Å². The average Bonchev–Trinajstić information content (AvgIpc) is 3.19. The van der Waals surface area contributed by atoms with Gasteiger partial charge in [0.2, 0.25) is 5.91 Å². The first-order valence-electron chi connectivity index (χ1n) is 6.14. The summed E-state index contributed by atoms with van der Waals surface area (Å²) in [6.45, 7) is 0. The summed E-state index contributed by atoms with van der Waals surface area (Å²) >= 11 is 11.9. The number of carboxylic acids is 1. The molecular weight excluding hydrogens is 301 g/mol. The van der Waals surface area contributed by atoms with Crippen LogP contribution in [0.25, 0.3) is 6.08 Å². The molecule has 2 rings (SSSR count). The normalized spacial score (nSPS) is 16.1. The molecule has 0 bridgehead atoms. The molecule has 6 heteroatoms. The second-order valence-electron chi connectivity index (χ2n) is 4.63. The van der Waals surface area contributed by atoms with E-state index in [0.717, 1.165) is 12.8 Å². The van der Waals surface area contributed by atoms with Crippen LogP contribution in [0.5, 0.6) is 0 Å². The maximum absolute atomic E-state index is 11.7. The zero-order valence-electron chi connectivity index (χ0n) is 10.5. The van der Waals surface area contributed by atoms with Crippen LogP contribution >= 0.6 is 23.2 Å². The van der Waals surface area contributed by atoms with Crippen molar-refractivity contribution in [2.24, 2.45) is 5.92 Å². The van der Waals surface area contributed by atoms with E-state index in [2.05, 4.69) is 5.32 Å². The minimum atomic E-state index is -1.01. The third-order valence-electron chi connectivity index (χ3n) is 3.06. The number of rotatable bonds is 5. The van der Waals surface area contributed by atoms with Crippen LogP contribution in [0.4, 0.5) is 0 Å². The van der Waals surface area contributed by atoms with Gasteiger partial charge in [0.1, 0.15) is 6.04 Å². The van der Waals surface area contributed by atoms with Crippen LogP contribution in [0.2, 0.25) is 10.0 Å². The van der Waals surface area contributed by atoms with Crippen molar-refractivity contribution in [2.75, 3.05) is 0 Å². The van der Waals surface area contributed by atoms with Gasteiger partial charge in [-0.2, -0.15) is 0 Å². The smallest absolute Gasteiger partial charge is 0.326 e. The zero-order chi connectivity index (χ0) is 14.7. The first kappa shape index (κ1) is 14.9. The van der Waals surface area contributed by atoms with Gasteiger partial charge in [-0.05, 0) is 37.0 Å². The minimum Gasteiger partial charge on any atom is -0.480 e. The van der Waals surface area contributed by atoms with E-state index in [1.54, 1.807) is 18.2 Å². The molecular formula is C14H13Cl2NO3. The molecule has 0 saturated heterocycles. The first-order chi connectivity index (χ1) is 9.49. The van der Waals surface area contributed by atoms with Gasteiger partial charge in [-0.1, -0.05) is 29.3 Å². The van der Waals surface area contributed by atoms with Gasteiger partial charge in [0.15, 0.2) is 0 Å². The molecule has 0 heterocycles. The van der Waals surface area contributed by atoms with Crippen LogP contribution in [0.1, 0.15) is 18.4 Å². The molecule has 4 nitrogen and oxygen atoms in total. The Morgan fingerprint density at radius 1 is 1.30 bits per heavy atom. The van der Waals surface area contributed by atoms with E-state index in [-0.39, 0.29) is 5.92 Å². The van der Waals surface area contributed by atoms with Crippen LogP contribution < -0.4 is 5.32 Å². The molecule has 1 saturated carbocycles. The minimum absolute atomic E-state index is 0.0359. The molecule has 20 heavy (non-hydrogen) atoms. The molecule has 2 N–H and O–H groups in total. The summed E-state index contributed by atoms with van der Waals surface area (Å²) in [7, 11) is 0. The summed E-state index contributed by atoms with van der Waals surface area (Å²) in [5.74, 6) is -1.45. The Morgan fingerprint density at radius 3 is 2.40 bits per heavy atom. The van der Waals surface area contributed by atoms with Gasteiger partial charge in [-0.15, -0.1) is 0 Å². The third kappa shape index (κ3) is 3.74. The standard InChI is InChI=1S/C14H13Cl2NO3/c15-10-2-1-3-11(16)9(10)6-7-12(18)17-13(14(19)20)8-4-5-8/h1-3,6-8,13H,4-5H2,(H,17,18)(H,19,20). The highest BCUT2D eigenvalue weighted by Gasteiger charge is 2.36. The molecule has 1 atom stereocenters. The largest absolute Gasteiger partial charge is 0.480 e. The lowest BCUT2D eigenvalue weighted by Crippen LogP contribution is -2.41. The highest BCUT2D eigenvalue weighted by Crippen LogP contribution is 2.32. The SMILES string of the molecule is O=C(C=Cc1c(Cl)cccc1Cl)NC(C(=O)O)C1CC1. The van der Waals surface area contributed by atoms with E-state index in [1.165, 1.54) is 12.2 Å². The number of carboxylic acid groups (broad SMARTS) is 1. The van der Waals surface area contributed by atoms with Gasteiger partial charge in [0.25, 0.3) is 0 Å². The van der Waals surface area contributed by atoms with Crippen molar-refractivity contribution in [1.29, 1.82) is 0 Å². The molecule has 0 aliphatic heterocycles. The number of amides is 1. The van der Waals surface area contributed by atoms with Crippen LogP contribution in [0.3, 0.4) is 0 Å². The molecule has 1 fully saturated rings. The van der Waals surface area contributed by atoms with Crippen LogP contribution in [-0.4, -0.2) is 23.0 Å². The molecule has 0 radical (unpaired) electrons. The van der Waals surface area contributed by atoms with Gasteiger partial charge in [-0.25, -0.2) is 4.79 Å². The second kappa shape index (κ2) is 6.29. The number of hydrogen-bond donors (Lipinski definition) is 2. The van der Waals surface area contributed by atoms with Crippen LogP contribution in [0.15, 0.2) is 24.3 Å². The quantitative estimate of drug-likeness (QED) is 0.821. The van der Waals surface area contributed by atoms with Gasteiger partial charge < -0.3 is 10.4 Å². The summed E-state index contributed by atoms with van der Waals surface area (Å²) < 4.78 is 0. The highest BCUT2D eigenvalue weighted by molar-refractivity contribution is 6.37. The maximum atomic E-state index is 11.7. The fourth-order valence-corrected chi connectivity index (χ4v) is 2.36. The maximum Gasteiger partial charge on any atom is 0.326 e. The molecule has 1 aliphatic rings. The predicted octanol–water partition coefficient (Wildman–Crippen LogP) is 2.99. The highest BCUT2D eigenvalue weighted by atomic mass is 35.5. The summed E-state index contributed by atoms with van der Waals surface area (Å²) in [6, 6.07) is 4.20. The lowest BCUT2D eigenvalue weighted by molar-refractivity contribution is -0.141. The Hall–Kier alpha value is -1.52. The number of aliphatic carboxylic acids is 1. The Morgan fingerprint density at radius 2 is 1.90 bits per heavy atom. The van der Waals surface area contributed by atoms with Gasteiger partial charge in [-0.3, -0.25) is 4.79 Å². The second-order valence-corrected chi connectivity index (χ2v) is 5.44. The van der Waals surface area contributed by atoms with Crippen molar-refractivity contribution in [2.45, 2.75) is 18.9 Å². The molecule has 1 aromatic carbocycles. The van der Waals surface area contributed by atoms with Gasteiger partial charge in [0.05, 0.1) is 0 Å². The van der Waals surface area contributed by atoms with Gasteiger partial charge >= 0.3 is 5.97 Å². The van der Waals surface area contributed by atoms with Crippen LogP contribution in [-0.2, 0) is 9.59 Å².